The van der Waals surface area contributed by atoms with E-state index in [2.05, 4.69) is 14.7 Å². The molecule has 1 aromatic rings. The Balaban J connectivity index is 3.36. The lowest BCUT2D eigenvalue weighted by Crippen LogP contribution is -2.00. The summed E-state index contributed by atoms with van der Waals surface area (Å²) < 4.78 is 26.3. The van der Waals surface area contributed by atoms with Crippen molar-refractivity contribution in [3.63, 3.8) is 0 Å². The summed E-state index contributed by atoms with van der Waals surface area (Å²) in [5.74, 6) is 0. The van der Waals surface area contributed by atoms with Crippen LogP contribution >= 0.6 is 22.3 Å². The van der Waals surface area contributed by atoms with Crippen LogP contribution in [0.4, 0.5) is 0 Å². The second-order valence-corrected chi connectivity index (χ2v) is 4.84. The first kappa shape index (κ1) is 10.5. The Morgan fingerprint density at radius 2 is 2.15 bits per heavy atom. The van der Waals surface area contributed by atoms with Crippen LogP contribution in [0.5, 0.6) is 6.01 Å². The smallest absolute Gasteiger partial charge is 0.317 e. The zero-order valence-electron chi connectivity index (χ0n) is 6.36. The Kier molecular flexibility index (Phi) is 2.94. The molecule has 72 valence electrons. The van der Waals surface area contributed by atoms with Crippen LogP contribution in [0, 0.1) is 0 Å². The fourth-order valence-electron chi connectivity index (χ4n) is 0.606. The molecule has 0 fully saturated rings. The SMILES string of the molecule is COc1ncc(Cl)c(S(=O)(=O)Cl)n1. The summed E-state index contributed by atoms with van der Waals surface area (Å²) >= 11 is 5.49. The van der Waals surface area contributed by atoms with Crippen molar-refractivity contribution in [1.82, 2.24) is 9.97 Å². The third-order valence-corrected chi connectivity index (χ3v) is 2.70. The van der Waals surface area contributed by atoms with Crippen molar-refractivity contribution >= 4 is 31.3 Å². The normalized spacial score (nSPS) is 11.3. The first-order valence-corrected chi connectivity index (χ1v) is 5.65. The van der Waals surface area contributed by atoms with Gasteiger partial charge in [-0.1, -0.05) is 11.6 Å². The van der Waals surface area contributed by atoms with E-state index < -0.39 is 14.1 Å². The fourth-order valence-corrected chi connectivity index (χ4v) is 1.95. The van der Waals surface area contributed by atoms with Crippen molar-refractivity contribution in [2.45, 2.75) is 5.03 Å². The molecule has 1 heterocycles. The van der Waals surface area contributed by atoms with Crippen molar-refractivity contribution in [3.05, 3.63) is 11.2 Å². The minimum absolute atomic E-state index is 0.108. The van der Waals surface area contributed by atoms with Crippen LogP contribution in [0.2, 0.25) is 5.02 Å². The van der Waals surface area contributed by atoms with E-state index in [0.29, 0.717) is 0 Å². The van der Waals surface area contributed by atoms with Crippen LogP contribution < -0.4 is 4.74 Å². The summed E-state index contributed by atoms with van der Waals surface area (Å²) in [6.07, 6.45) is 1.10. The van der Waals surface area contributed by atoms with Crippen molar-refractivity contribution in [3.8, 4) is 6.01 Å². The molecule has 0 atom stereocenters. The van der Waals surface area contributed by atoms with E-state index in [9.17, 15) is 8.42 Å². The number of aromatic nitrogens is 2. The van der Waals surface area contributed by atoms with Gasteiger partial charge in [0, 0.05) is 10.7 Å². The molecule has 0 aromatic carbocycles. The molecule has 5 nitrogen and oxygen atoms in total. The maximum Gasteiger partial charge on any atom is 0.317 e. The van der Waals surface area contributed by atoms with Crippen molar-refractivity contribution in [2.75, 3.05) is 7.11 Å². The van der Waals surface area contributed by atoms with Crippen LogP contribution in [-0.4, -0.2) is 25.5 Å². The standard InChI is InChI=1S/C5H4Cl2N2O3S/c1-12-5-8-2-3(6)4(9-5)13(7,10)11/h2H,1H3. The molecular formula is C5H4Cl2N2O3S. The second kappa shape index (κ2) is 3.65. The van der Waals surface area contributed by atoms with Gasteiger partial charge in [0.1, 0.15) is 0 Å². The van der Waals surface area contributed by atoms with Crippen LogP contribution in [0.1, 0.15) is 0 Å². The Labute approximate surface area is 84.1 Å². The monoisotopic (exact) mass is 242 g/mol. The Morgan fingerprint density at radius 1 is 1.54 bits per heavy atom. The molecule has 13 heavy (non-hydrogen) atoms. The summed E-state index contributed by atoms with van der Waals surface area (Å²) in [5, 5.41) is -0.599. The second-order valence-electron chi connectivity index (χ2n) is 1.95. The van der Waals surface area contributed by atoms with Gasteiger partial charge in [-0.2, -0.15) is 4.98 Å². The van der Waals surface area contributed by atoms with E-state index in [1.54, 1.807) is 0 Å². The van der Waals surface area contributed by atoms with Gasteiger partial charge in [-0.3, -0.25) is 0 Å². The minimum atomic E-state index is -3.96. The number of halogens is 2. The third kappa shape index (κ3) is 2.43. The summed E-state index contributed by atoms with van der Waals surface area (Å²) in [6.45, 7) is 0. The van der Waals surface area contributed by atoms with Gasteiger partial charge in [0.05, 0.1) is 18.3 Å². The number of hydrogen-bond donors (Lipinski definition) is 0. The number of methoxy groups -OCH3 is 1. The quantitative estimate of drug-likeness (QED) is 0.573. The molecule has 0 amide bonds. The number of rotatable bonds is 2. The molecule has 1 rings (SSSR count). The molecule has 0 spiro atoms. The summed E-state index contributed by atoms with van der Waals surface area (Å²) in [5.41, 5.74) is 0. The molecule has 0 aliphatic rings. The summed E-state index contributed by atoms with van der Waals surface area (Å²) in [7, 11) is 2.38. The molecule has 0 saturated heterocycles. The Bertz CT molecular complexity index is 420. The molecule has 0 aliphatic heterocycles. The lowest BCUT2D eigenvalue weighted by atomic mass is 10.7. The van der Waals surface area contributed by atoms with Crippen molar-refractivity contribution in [1.29, 1.82) is 0 Å². The average Bonchev–Trinajstić information content (AvgIpc) is 2.03. The van der Waals surface area contributed by atoms with Gasteiger partial charge in [-0.15, -0.1) is 0 Å². The molecule has 1 aromatic heterocycles. The first-order valence-electron chi connectivity index (χ1n) is 2.96. The van der Waals surface area contributed by atoms with Gasteiger partial charge in [0.15, 0.2) is 5.03 Å². The van der Waals surface area contributed by atoms with E-state index in [4.69, 9.17) is 22.3 Å². The third-order valence-electron chi connectivity index (χ3n) is 1.10. The Morgan fingerprint density at radius 3 is 2.62 bits per heavy atom. The van der Waals surface area contributed by atoms with E-state index >= 15 is 0 Å². The molecule has 0 saturated carbocycles. The highest BCUT2D eigenvalue weighted by Gasteiger charge is 2.18. The van der Waals surface area contributed by atoms with Crippen LogP contribution in [-0.2, 0) is 9.05 Å². The van der Waals surface area contributed by atoms with Gasteiger partial charge < -0.3 is 4.74 Å². The van der Waals surface area contributed by atoms with E-state index in [0.717, 1.165) is 6.20 Å². The largest absolute Gasteiger partial charge is 0.467 e. The van der Waals surface area contributed by atoms with Gasteiger partial charge in [-0.25, -0.2) is 13.4 Å². The Hall–Kier alpha value is -0.590. The zero-order chi connectivity index (χ0) is 10.1. The predicted octanol–water partition coefficient (Wildman–Crippen LogP) is 1.07. The number of ether oxygens (including phenoxy) is 1. The van der Waals surface area contributed by atoms with Gasteiger partial charge in [-0.05, 0) is 0 Å². The van der Waals surface area contributed by atoms with Gasteiger partial charge in [0.25, 0.3) is 9.05 Å². The lowest BCUT2D eigenvalue weighted by molar-refractivity contribution is 0.375. The van der Waals surface area contributed by atoms with E-state index in [1.807, 2.05) is 0 Å². The summed E-state index contributed by atoms with van der Waals surface area (Å²) in [6, 6.07) is -0.108. The van der Waals surface area contributed by atoms with E-state index in [1.165, 1.54) is 7.11 Å². The highest BCUT2D eigenvalue weighted by Crippen LogP contribution is 2.22. The first-order chi connectivity index (χ1) is 5.95. The van der Waals surface area contributed by atoms with Crippen molar-refractivity contribution < 1.29 is 13.2 Å². The highest BCUT2D eigenvalue weighted by molar-refractivity contribution is 8.13. The van der Waals surface area contributed by atoms with Gasteiger partial charge >= 0.3 is 6.01 Å². The van der Waals surface area contributed by atoms with E-state index in [-0.39, 0.29) is 11.0 Å². The van der Waals surface area contributed by atoms with Gasteiger partial charge in [0.2, 0.25) is 0 Å². The van der Waals surface area contributed by atoms with Crippen molar-refractivity contribution in [2.24, 2.45) is 0 Å². The predicted molar refractivity (Wildman–Crippen MR) is 46.6 cm³/mol. The molecule has 0 N–H and O–H groups in total. The molecule has 0 radical (unpaired) electrons. The molecule has 0 aliphatic carbocycles. The summed E-state index contributed by atoms with van der Waals surface area (Å²) in [4.78, 5) is 7.06. The zero-order valence-corrected chi connectivity index (χ0v) is 8.69. The van der Waals surface area contributed by atoms with Crippen LogP contribution in [0.15, 0.2) is 11.2 Å². The maximum absolute atomic E-state index is 10.9. The minimum Gasteiger partial charge on any atom is -0.467 e. The molecular weight excluding hydrogens is 239 g/mol. The lowest BCUT2D eigenvalue weighted by Gasteiger charge is -2.00. The maximum atomic E-state index is 10.9. The number of nitrogens with zero attached hydrogens (tertiary/aromatic N) is 2. The number of hydrogen-bond acceptors (Lipinski definition) is 5. The van der Waals surface area contributed by atoms with Crippen LogP contribution in [0.25, 0.3) is 0 Å². The van der Waals surface area contributed by atoms with Crippen LogP contribution in [0.3, 0.4) is 0 Å². The topological polar surface area (TPSA) is 69.2 Å². The molecule has 8 heteroatoms. The average molecular weight is 243 g/mol. The fraction of sp³-hybridized carbons (Fsp3) is 0.200. The molecule has 0 bridgehead atoms. The highest BCUT2D eigenvalue weighted by atomic mass is 35.7. The molecule has 0 unspecified atom stereocenters.